The fraction of sp³-hybridized carbons (Fsp3) is 0.182. The van der Waals surface area contributed by atoms with Crippen molar-refractivity contribution < 1.29 is 23.9 Å². The average Bonchev–Trinajstić information content (AvgIpc) is 2.75. The van der Waals surface area contributed by atoms with E-state index in [1.165, 1.54) is 18.3 Å². The zero-order valence-electron chi connectivity index (χ0n) is 16.6. The van der Waals surface area contributed by atoms with E-state index in [9.17, 15) is 19.6 Å². The molecule has 0 heterocycles. The molecule has 0 atom stereocenters. The van der Waals surface area contributed by atoms with Crippen molar-refractivity contribution in [2.24, 2.45) is 0 Å². The number of esters is 2. The van der Waals surface area contributed by atoms with Crippen molar-refractivity contribution in [1.82, 2.24) is 0 Å². The quantitative estimate of drug-likeness (QED) is 0.391. The Hall–Kier alpha value is -4.12. The van der Waals surface area contributed by atoms with Crippen molar-refractivity contribution in [2.45, 2.75) is 13.8 Å². The first-order valence-electron chi connectivity index (χ1n) is 9.22. The van der Waals surface area contributed by atoms with Gasteiger partial charge in [0, 0.05) is 6.20 Å². The number of anilines is 2. The minimum Gasteiger partial charge on any atom is -0.462 e. The highest BCUT2D eigenvalue weighted by Gasteiger charge is 2.17. The Morgan fingerprint density at radius 3 is 1.93 bits per heavy atom. The van der Waals surface area contributed by atoms with E-state index in [1.807, 2.05) is 0 Å². The molecule has 0 saturated carbocycles. The monoisotopic (exact) mass is 407 g/mol. The molecule has 0 fully saturated rings. The zero-order chi connectivity index (χ0) is 21.9. The summed E-state index contributed by atoms with van der Waals surface area (Å²) in [7, 11) is 0. The lowest BCUT2D eigenvalue weighted by Crippen LogP contribution is -2.18. The Kier molecular flexibility index (Phi) is 8.15. The van der Waals surface area contributed by atoms with Gasteiger partial charge in [0.2, 0.25) is 0 Å². The molecule has 0 aromatic heterocycles. The maximum atomic E-state index is 12.5. The lowest BCUT2D eigenvalue weighted by molar-refractivity contribution is -0.112. The third-order valence-electron chi connectivity index (χ3n) is 3.83. The largest absolute Gasteiger partial charge is 0.462 e. The van der Waals surface area contributed by atoms with Gasteiger partial charge in [-0.05, 0) is 38.1 Å². The molecular weight excluding hydrogens is 386 g/mol. The number of carbonyl (C=O) groups excluding carboxylic acids is 3. The van der Waals surface area contributed by atoms with Gasteiger partial charge in [-0.2, -0.15) is 5.26 Å². The van der Waals surface area contributed by atoms with Crippen LogP contribution < -0.4 is 10.6 Å². The molecule has 154 valence electrons. The number of nitriles is 1. The zero-order valence-corrected chi connectivity index (χ0v) is 16.6. The Morgan fingerprint density at radius 1 is 0.900 bits per heavy atom. The molecule has 0 bridgehead atoms. The van der Waals surface area contributed by atoms with E-state index in [2.05, 4.69) is 10.6 Å². The molecule has 0 saturated heterocycles. The van der Waals surface area contributed by atoms with Crippen molar-refractivity contribution in [3.8, 4) is 6.07 Å². The highest BCUT2D eigenvalue weighted by molar-refractivity contribution is 6.09. The number of para-hydroxylation sites is 2. The van der Waals surface area contributed by atoms with E-state index in [0.717, 1.165) is 0 Å². The van der Waals surface area contributed by atoms with Crippen LogP contribution in [0.15, 0.2) is 60.3 Å². The van der Waals surface area contributed by atoms with Crippen LogP contribution in [0, 0.1) is 11.3 Å². The number of amides is 1. The highest BCUT2D eigenvalue weighted by atomic mass is 16.5. The standard InChI is InChI=1S/C22H21N3O5/c1-3-29-21(27)16-9-5-7-11-18(16)24-14-15(13-23)20(26)25-19-12-8-6-10-17(19)22(28)30-4-2/h5-12,14,24H,3-4H2,1-2H3,(H,25,26)/b15-14-. The summed E-state index contributed by atoms with van der Waals surface area (Å²) in [6.07, 6.45) is 1.18. The van der Waals surface area contributed by atoms with Crippen LogP contribution in [0.4, 0.5) is 11.4 Å². The maximum Gasteiger partial charge on any atom is 0.340 e. The number of carbonyl (C=O) groups is 3. The van der Waals surface area contributed by atoms with Gasteiger partial charge in [-0.1, -0.05) is 24.3 Å². The van der Waals surface area contributed by atoms with E-state index in [0.29, 0.717) is 5.69 Å². The van der Waals surface area contributed by atoms with E-state index >= 15 is 0 Å². The van der Waals surface area contributed by atoms with Crippen LogP contribution in [-0.2, 0) is 14.3 Å². The minimum atomic E-state index is -0.727. The second-order valence-corrected chi connectivity index (χ2v) is 5.80. The second kappa shape index (κ2) is 11.0. The first-order chi connectivity index (χ1) is 14.5. The van der Waals surface area contributed by atoms with Gasteiger partial charge in [0.15, 0.2) is 0 Å². The predicted octanol–water partition coefficient (Wildman–Crippen LogP) is 3.50. The number of nitrogens with one attached hydrogen (secondary N) is 2. The third-order valence-corrected chi connectivity index (χ3v) is 3.83. The maximum absolute atomic E-state index is 12.5. The van der Waals surface area contributed by atoms with E-state index in [1.54, 1.807) is 56.3 Å². The predicted molar refractivity (Wildman–Crippen MR) is 111 cm³/mol. The Balaban J connectivity index is 2.21. The Labute approximate surface area is 174 Å². The van der Waals surface area contributed by atoms with Crippen LogP contribution >= 0.6 is 0 Å². The Bertz CT molecular complexity index is 1010. The van der Waals surface area contributed by atoms with Gasteiger partial charge >= 0.3 is 11.9 Å². The fourth-order valence-electron chi connectivity index (χ4n) is 2.46. The number of nitrogens with zero attached hydrogens (tertiary/aromatic N) is 1. The molecule has 2 rings (SSSR count). The summed E-state index contributed by atoms with van der Waals surface area (Å²) < 4.78 is 9.97. The van der Waals surface area contributed by atoms with Crippen LogP contribution in [0.25, 0.3) is 0 Å². The number of hydrogen-bond donors (Lipinski definition) is 2. The summed E-state index contributed by atoms with van der Waals surface area (Å²) in [6.45, 7) is 3.78. The van der Waals surface area contributed by atoms with Gasteiger partial charge in [0.1, 0.15) is 11.6 Å². The summed E-state index contributed by atoms with van der Waals surface area (Å²) in [6, 6.07) is 14.7. The number of hydrogen-bond acceptors (Lipinski definition) is 7. The number of rotatable bonds is 8. The topological polar surface area (TPSA) is 118 Å². The van der Waals surface area contributed by atoms with Crippen molar-refractivity contribution >= 4 is 29.2 Å². The molecule has 0 aliphatic rings. The van der Waals surface area contributed by atoms with Gasteiger partial charge < -0.3 is 20.1 Å². The molecule has 2 aromatic rings. The molecule has 1 amide bonds. The number of benzene rings is 2. The van der Waals surface area contributed by atoms with Crippen LogP contribution in [0.5, 0.6) is 0 Å². The van der Waals surface area contributed by atoms with E-state index in [4.69, 9.17) is 9.47 Å². The molecule has 0 aliphatic carbocycles. The molecule has 2 N–H and O–H groups in total. The van der Waals surface area contributed by atoms with Crippen molar-refractivity contribution in [3.05, 3.63) is 71.4 Å². The van der Waals surface area contributed by atoms with Gasteiger partial charge in [0.05, 0.1) is 35.7 Å². The van der Waals surface area contributed by atoms with Gasteiger partial charge in [0.25, 0.3) is 5.91 Å². The van der Waals surface area contributed by atoms with Crippen molar-refractivity contribution in [1.29, 1.82) is 5.26 Å². The van der Waals surface area contributed by atoms with E-state index in [-0.39, 0.29) is 35.6 Å². The molecule has 8 nitrogen and oxygen atoms in total. The minimum absolute atomic E-state index is 0.172. The molecule has 30 heavy (non-hydrogen) atoms. The molecule has 0 spiro atoms. The SMILES string of the molecule is CCOC(=O)c1ccccc1N/C=C(/C#N)C(=O)Nc1ccccc1C(=O)OCC. The fourth-order valence-corrected chi connectivity index (χ4v) is 2.46. The molecule has 8 heteroatoms. The highest BCUT2D eigenvalue weighted by Crippen LogP contribution is 2.19. The van der Waals surface area contributed by atoms with Crippen LogP contribution in [-0.4, -0.2) is 31.1 Å². The normalized spacial score (nSPS) is 10.5. The first-order valence-corrected chi connectivity index (χ1v) is 9.22. The first kappa shape index (κ1) is 22.2. The number of ether oxygens (including phenoxy) is 2. The van der Waals surface area contributed by atoms with E-state index < -0.39 is 17.8 Å². The molecule has 0 radical (unpaired) electrons. The summed E-state index contributed by atoms with van der Waals surface area (Å²) in [4.78, 5) is 36.6. The Morgan fingerprint density at radius 2 is 1.40 bits per heavy atom. The lowest BCUT2D eigenvalue weighted by Gasteiger charge is -2.11. The molecule has 0 aliphatic heterocycles. The third kappa shape index (κ3) is 5.69. The van der Waals surface area contributed by atoms with Crippen LogP contribution in [0.2, 0.25) is 0 Å². The molecule has 0 unspecified atom stereocenters. The summed E-state index contributed by atoms with van der Waals surface area (Å²) in [5.41, 5.74) is 0.774. The molecular formula is C22H21N3O5. The van der Waals surface area contributed by atoms with Crippen LogP contribution in [0.3, 0.4) is 0 Å². The average molecular weight is 407 g/mol. The van der Waals surface area contributed by atoms with Gasteiger partial charge in [-0.15, -0.1) is 0 Å². The van der Waals surface area contributed by atoms with Crippen molar-refractivity contribution in [3.63, 3.8) is 0 Å². The summed E-state index contributed by atoms with van der Waals surface area (Å²) >= 11 is 0. The lowest BCUT2D eigenvalue weighted by atomic mass is 10.1. The van der Waals surface area contributed by atoms with Gasteiger partial charge in [-0.3, -0.25) is 4.79 Å². The second-order valence-electron chi connectivity index (χ2n) is 5.80. The van der Waals surface area contributed by atoms with Gasteiger partial charge in [-0.25, -0.2) is 9.59 Å². The van der Waals surface area contributed by atoms with Crippen molar-refractivity contribution in [2.75, 3.05) is 23.8 Å². The van der Waals surface area contributed by atoms with Crippen LogP contribution in [0.1, 0.15) is 34.6 Å². The summed E-state index contributed by atoms with van der Waals surface area (Å²) in [5.74, 6) is -1.84. The molecule has 2 aromatic carbocycles. The smallest absolute Gasteiger partial charge is 0.340 e. The summed E-state index contributed by atoms with van der Waals surface area (Å²) in [5, 5.41) is 14.7.